The largest absolute Gasteiger partial charge is 0.395 e. The van der Waals surface area contributed by atoms with E-state index in [1.807, 2.05) is 30.3 Å². The summed E-state index contributed by atoms with van der Waals surface area (Å²) in [7, 11) is 0. The topological polar surface area (TPSA) is 74.9 Å². The molecule has 0 saturated heterocycles. The third-order valence-electron chi connectivity index (χ3n) is 3.72. The predicted molar refractivity (Wildman–Crippen MR) is 89.7 cm³/mol. The molecule has 2 heterocycles. The number of amides is 1. The maximum absolute atomic E-state index is 12.8. The number of aliphatic hydroxyl groups excluding tert-OH is 1. The monoisotopic (exact) mass is 323 g/mol. The van der Waals surface area contributed by atoms with Crippen molar-refractivity contribution in [1.29, 1.82) is 0 Å². The summed E-state index contributed by atoms with van der Waals surface area (Å²) in [5, 5.41) is 9.26. The van der Waals surface area contributed by atoms with Crippen molar-refractivity contribution in [3.8, 4) is 0 Å². The first-order valence-electron chi connectivity index (χ1n) is 7.61. The number of pyridine rings is 1. The van der Waals surface area contributed by atoms with Crippen LogP contribution in [0.25, 0.3) is 5.65 Å². The van der Waals surface area contributed by atoms with Crippen LogP contribution in [0.4, 0.5) is 0 Å². The van der Waals surface area contributed by atoms with E-state index in [4.69, 9.17) is 0 Å². The fourth-order valence-corrected chi connectivity index (χ4v) is 2.52. The van der Waals surface area contributed by atoms with Crippen LogP contribution >= 0.6 is 0 Å². The molecule has 2 aromatic heterocycles. The molecule has 122 valence electrons. The molecular formula is C18H17N3O3. The molecule has 0 aliphatic carbocycles. The standard InChI is InChI=1S/C18H17N3O3/c22-11-10-20(13-14-6-2-1-3-7-14)17(23)15-12-19-16-8-4-5-9-21(16)18(15)24/h1-9,12,22H,10-11,13H2. The molecule has 0 aliphatic heterocycles. The molecule has 1 aromatic carbocycles. The van der Waals surface area contributed by atoms with Gasteiger partial charge >= 0.3 is 0 Å². The van der Waals surface area contributed by atoms with Crippen LogP contribution in [0, 0.1) is 0 Å². The highest BCUT2D eigenvalue weighted by atomic mass is 16.3. The second-order valence-corrected chi connectivity index (χ2v) is 5.34. The van der Waals surface area contributed by atoms with Crippen LogP contribution in [0.3, 0.4) is 0 Å². The summed E-state index contributed by atoms with van der Waals surface area (Å²) in [4.78, 5) is 30.9. The lowest BCUT2D eigenvalue weighted by Crippen LogP contribution is -2.37. The Bertz CT molecular complexity index is 906. The molecule has 0 saturated carbocycles. The predicted octanol–water partition coefficient (Wildman–Crippen LogP) is 1.33. The summed E-state index contributed by atoms with van der Waals surface area (Å²) in [6, 6.07) is 14.6. The molecular weight excluding hydrogens is 306 g/mol. The van der Waals surface area contributed by atoms with Gasteiger partial charge in [0.2, 0.25) is 0 Å². The Morgan fingerprint density at radius 1 is 1.12 bits per heavy atom. The highest BCUT2D eigenvalue weighted by Gasteiger charge is 2.20. The van der Waals surface area contributed by atoms with Gasteiger partial charge in [0, 0.05) is 25.5 Å². The highest BCUT2D eigenvalue weighted by molar-refractivity contribution is 5.93. The van der Waals surface area contributed by atoms with Gasteiger partial charge in [0.05, 0.1) is 6.61 Å². The molecule has 0 unspecified atom stereocenters. The number of fused-ring (bicyclic) bond motifs is 1. The van der Waals surface area contributed by atoms with E-state index in [0.29, 0.717) is 12.2 Å². The number of hydrogen-bond acceptors (Lipinski definition) is 4. The Labute approximate surface area is 138 Å². The Morgan fingerprint density at radius 3 is 2.62 bits per heavy atom. The minimum atomic E-state index is -0.441. The number of rotatable bonds is 5. The van der Waals surface area contributed by atoms with Crippen LogP contribution in [-0.4, -0.2) is 38.4 Å². The molecule has 6 heteroatoms. The first-order chi connectivity index (χ1) is 11.7. The van der Waals surface area contributed by atoms with Gasteiger partial charge in [0.15, 0.2) is 0 Å². The van der Waals surface area contributed by atoms with E-state index in [0.717, 1.165) is 5.56 Å². The normalized spacial score (nSPS) is 10.7. The third-order valence-corrected chi connectivity index (χ3v) is 3.72. The lowest BCUT2D eigenvalue weighted by molar-refractivity contribution is 0.0705. The number of aromatic nitrogens is 2. The zero-order valence-electron chi connectivity index (χ0n) is 13.0. The van der Waals surface area contributed by atoms with Gasteiger partial charge in [-0.2, -0.15) is 0 Å². The van der Waals surface area contributed by atoms with Gasteiger partial charge in [-0.15, -0.1) is 0 Å². The molecule has 6 nitrogen and oxygen atoms in total. The summed E-state index contributed by atoms with van der Waals surface area (Å²) in [6.07, 6.45) is 2.88. The minimum Gasteiger partial charge on any atom is -0.395 e. The molecule has 0 bridgehead atoms. The number of aliphatic hydroxyl groups is 1. The average Bonchev–Trinajstić information content (AvgIpc) is 2.62. The smallest absolute Gasteiger partial charge is 0.270 e. The fourth-order valence-electron chi connectivity index (χ4n) is 2.52. The zero-order chi connectivity index (χ0) is 16.9. The highest BCUT2D eigenvalue weighted by Crippen LogP contribution is 2.08. The van der Waals surface area contributed by atoms with Gasteiger partial charge < -0.3 is 10.0 Å². The van der Waals surface area contributed by atoms with Crippen molar-refractivity contribution in [2.24, 2.45) is 0 Å². The van der Waals surface area contributed by atoms with E-state index in [1.165, 1.54) is 15.5 Å². The van der Waals surface area contributed by atoms with E-state index in [2.05, 4.69) is 4.98 Å². The molecule has 0 aliphatic rings. The number of carbonyl (C=O) groups excluding carboxylic acids is 1. The third kappa shape index (κ3) is 3.18. The molecule has 0 spiro atoms. The number of nitrogens with zero attached hydrogens (tertiary/aromatic N) is 3. The first-order valence-corrected chi connectivity index (χ1v) is 7.61. The number of hydrogen-bond donors (Lipinski definition) is 1. The van der Waals surface area contributed by atoms with Gasteiger partial charge in [0.1, 0.15) is 11.2 Å². The summed E-state index contributed by atoms with van der Waals surface area (Å²) < 4.78 is 1.34. The van der Waals surface area contributed by atoms with Gasteiger partial charge in [-0.25, -0.2) is 4.98 Å². The van der Waals surface area contributed by atoms with Crippen molar-refractivity contribution >= 4 is 11.6 Å². The van der Waals surface area contributed by atoms with Gasteiger partial charge in [-0.1, -0.05) is 36.4 Å². The summed E-state index contributed by atoms with van der Waals surface area (Å²) in [6.45, 7) is 0.281. The van der Waals surface area contributed by atoms with Crippen LogP contribution in [0.5, 0.6) is 0 Å². The molecule has 0 radical (unpaired) electrons. The van der Waals surface area contributed by atoms with E-state index >= 15 is 0 Å². The number of benzene rings is 1. The molecule has 0 fully saturated rings. The maximum atomic E-state index is 12.8. The van der Waals surface area contributed by atoms with E-state index in [1.54, 1.807) is 24.4 Å². The van der Waals surface area contributed by atoms with E-state index in [9.17, 15) is 14.7 Å². The second-order valence-electron chi connectivity index (χ2n) is 5.34. The van der Waals surface area contributed by atoms with Crippen molar-refractivity contribution < 1.29 is 9.90 Å². The second kappa shape index (κ2) is 7.06. The van der Waals surface area contributed by atoms with Crippen LogP contribution in [0.15, 0.2) is 65.7 Å². The minimum absolute atomic E-state index is 0.0110. The van der Waals surface area contributed by atoms with Crippen molar-refractivity contribution in [3.63, 3.8) is 0 Å². The molecule has 0 atom stereocenters. The van der Waals surface area contributed by atoms with Gasteiger partial charge in [-0.05, 0) is 17.7 Å². The lowest BCUT2D eigenvalue weighted by Gasteiger charge is -2.21. The maximum Gasteiger partial charge on any atom is 0.270 e. The zero-order valence-corrected chi connectivity index (χ0v) is 13.0. The first kappa shape index (κ1) is 15.9. The quantitative estimate of drug-likeness (QED) is 0.769. The Hall–Kier alpha value is -2.99. The Morgan fingerprint density at radius 2 is 1.88 bits per heavy atom. The fraction of sp³-hybridized carbons (Fsp3) is 0.167. The van der Waals surface area contributed by atoms with Crippen molar-refractivity contribution in [3.05, 3.63) is 82.4 Å². The van der Waals surface area contributed by atoms with Crippen molar-refractivity contribution in [2.45, 2.75) is 6.54 Å². The number of carbonyl (C=O) groups is 1. The molecule has 24 heavy (non-hydrogen) atoms. The van der Waals surface area contributed by atoms with Crippen molar-refractivity contribution in [1.82, 2.24) is 14.3 Å². The molecule has 3 aromatic rings. The van der Waals surface area contributed by atoms with Crippen LogP contribution in [0.2, 0.25) is 0 Å². The van der Waals surface area contributed by atoms with Crippen LogP contribution in [0.1, 0.15) is 15.9 Å². The SMILES string of the molecule is O=C(c1cnc2ccccn2c1=O)N(CCO)Cc1ccccc1. The Balaban J connectivity index is 1.95. The average molecular weight is 323 g/mol. The summed E-state index contributed by atoms with van der Waals surface area (Å²) in [5.41, 5.74) is 0.980. The van der Waals surface area contributed by atoms with E-state index in [-0.39, 0.29) is 18.7 Å². The van der Waals surface area contributed by atoms with Gasteiger partial charge in [-0.3, -0.25) is 14.0 Å². The van der Waals surface area contributed by atoms with Crippen LogP contribution < -0.4 is 5.56 Å². The van der Waals surface area contributed by atoms with Gasteiger partial charge in [0.25, 0.3) is 11.5 Å². The lowest BCUT2D eigenvalue weighted by atomic mass is 10.2. The molecule has 1 N–H and O–H groups in total. The summed E-state index contributed by atoms with van der Waals surface area (Å²) in [5.74, 6) is -0.441. The van der Waals surface area contributed by atoms with Crippen LogP contribution in [-0.2, 0) is 6.54 Å². The molecule has 1 amide bonds. The summed E-state index contributed by atoms with van der Waals surface area (Å²) >= 11 is 0. The Kier molecular flexibility index (Phi) is 4.67. The molecule has 3 rings (SSSR count). The van der Waals surface area contributed by atoms with Crippen molar-refractivity contribution in [2.75, 3.05) is 13.2 Å². The van der Waals surface area contributed by atoms with E-state index < -0.39 is 11.5 Å².